The first kappa shape index (κ1) is 18.0. The molecule has 0 spiro atoms. The fourth-order valence-corrected chi connectivity index (χ4v) is 3.21. The minimum Gasteiger partial charge on any atom is -0.317 e. The first-order valence-electron chi connectivity index (χ1n) is 9.18. The van der Waals surface area contributed by atoms with E-state index in [9.17, 15) is 0 Å². The molecule has 0 bridgehead atoms. The largest absolute Gasteiger partial charge is 0.317 e. The van der Waals surface area contributed by atoms with Crippen LogP contribution in [0.4, 0.5) is 0 Å². The molecular weight excluding hydrogens is 244 g/mol. The van der Waals surface area contributed by atoms with E-state index >= 15 is 0 Å². The van der Waals surface area contributed by atoms with Gasteiger partial charge in [0.25, 0.3) is 0 Å². The normalized spacial score (nSPS) is 16.6. The molecule has 0 aliphatic heterocycles. The van der Waals surface area contributed by atoms with Gasteiger partial charge in [-0.05, 0) is 70.6 Å². The molecule has 2 heteroatoms. The van der Waals surface area contributed by atoms with Crippen LogP contribution in [-0.4, -0.2) is 37.1 Å². The molecule has 0 heterocycles. The zero-order valence-electron chi connectivity index (χ0n) is 14.3. The average Bonchev–Trinajstić information content (AvgIpc) is 2.94. The fraction of sp³-hybridized carbons (Fsp3) is 1.00. The molecule has 0 aromatic rings. The van der Waals surface area contributed by atoms with Gasteiger partial charge in [-0.2, -0.15) is 0 Å². The van der Waals surface area contributed by atoms with Gasteiger partial charge < -0.3 is 10.2 Å². The van der Waals surface area contributed by atoms with Crippen LogP contribution >= 0.6 is 0 Å². The minimum atomic E-state index is 0.845. The first-order chi connectivity index (χ1) is 9.74. The van der Waals surface area contributed by atoms with Gasteiger partial charge in [-0.25, -0.2) is 0 Å². The predicted molar refractivity (Wildman–Crippen MR) is 90.3 cm³/mol. The van der Waals surface area contributed by atoms with E-state index in [1.807, 2.05) is 0 Å². The summed E-state index contributed by atoms with van der Waals surface area (Å²) in [6, 6.07) is 0.909. The van der Waals surface area contributed by atoms with Crippen molar-refractivity contribution in [3.05, 3.63) is 0 Å². The van der Waals surface area contributed by atoms with Crippen molar-refractivity contribution >= 4 is 0 Å². The van der Waals surface area contributed by atoms with Crippen LogP contribution in [0.25, 0.3) is 0 Å². The summed E-state index contributed by atoms with van der Waals surface area (Å²) in [5.41, 5.74) is 0. The molecule has 0 radical (unpaired) electrons. The lowest BCUT2D eigenvalue weighted by atomic mass is 10.1. The van der Waals surface area contributed by atoms with Crippen LogP contribution in [0, 0.1) is 5.92 Å². The van der Waals surface area contributed by atoms with E-state index in [1.165, 1.54) is 84.0 Å². The Morgan fingerprint density at radius 2 is 1.75 bits per heavy atom. The predicted octanol–water partition coefficient (Wildman–Crippen LogP) is 4.45. The maximum atomic E-state index is 3.50. The molecule has 2 nitrogen and oxygen atoms in total. The SMILES string of the molecule is CCCNCCCCCN(CCC(C)C)C1CCCC1. The Labute approximate surface area is 127 Å². The lowest BCUT2D eigenvalue weighted by Crippen LogP contribution is -2.35. The molecule has 1 rings (SSSR count). The highest BCUT2D eigenvalue weighted by molar-refractivity contribution is 4.77. The molecular formula is C18H38N2. The van der Waals surface area contributed by atoms with Crippen molar-refractivity contribution in [1.29, 1.82) is 0 Å². The lowest BCUT2D eigenvalue weighted by molar-refractivity contribution is 0.184. The molecule has 0 atom stereocenters. The minimum absolute atomic E-state index is 0.845. The van der Waals surface area contributed by atoms with Gasteiger partial charge in [-0.1, -0.05) is 40.0 Å². The zero-order chi connectivity index (χ0) is 14.6. The monoisotopic (exact) mass is 282 g/mol. The number of hydrogen-bond donors (Lipinski definition) is 1. The molecule has 1 fully saturated rings. The van der Waals surface area contributed by atoms with Gasteiger partial charge >= 0.3 is 0 Å². The third-order valence-corrected chi connectivity index (χ3v) is 4.56. The van der Waals surface area contributed by atoms with E-state index in [0.29, 0.717) is 0 Å². The van der Waals surface area contributed by atoms with Crippen LogP contribution in [0.15, 0.2) is 0 Å². The van der Waals surface area contributed by atoms with Crippen LogP contribution in [-0.2, 0) is 0 Å². The van der Waals surface area contributed by atoms with Gasteiger partial charge in [0.15, 0.2) is 0 Å². The summed E-state index contributed by atoms with van der Waals surface area (Å²) in [5.74, 6) is 0.845. The molecule has 0 amide bonds. The first-order valence-corrected chi connectivity index (χ1v) is 9.18. The second kappa shape index (κ2) is 11.6. The third-order valence-electron chi connectivity index (χ3n) is 4.56. The van der Waals surface area contributed by atoms with Gasteiger partial charge in [0, 0.05) is 6.04 Å². The van der Waals surface area contributed by atoms with Gasteiger partial charge in [0.1, 0.15) is 0 Å². The van der Waals surface area contributed by atoms with E-state index < -0.39 is 0 Å². The van der Waals surface area contributed by atoms with E-state index in [-0.39, 0.29) is 0 Å². The molecule has 0 unspecified atom stereocenters. The van der Waals surface area contributed by atoms with Crippen LogP contribution in [0.3, 0.4) is 0 Å². The Morgan fingerprint density at radius 1 is 1.00 bits per heavy atom. The number of hydrogen-bond acceptors (Lipinski definition) is 2. The van der Waals surface area contributed by atoms with Crippen molar-refractivity contribution in [3.8, 4) is 0 Å². The highest BCUT2D eigenvalue weighted by Crippen LogP contribution is 2.24. The molecule has 20 heavy (non-hydrogen) atoms. The van der Waals surface area contributed by atoms with Gasteiger partial charge in [0.05, 0.1) is 0 Å². The smallest absolute Gasteiger partial charge is 0.00952 e. The Bertz CT molecular complexity index is 209. The number of rotatable bonds is 12. The van der Waals surface area contributed by atoms with Crippen LogP contribution in [0.5, 0.6) is 0 Å². The summed E-state index contributed by atoms with van der Waals surface area (Å²) in [4.78, 5) is 2.81. The Kier molecular flexibility index (Phi) is 10.4. The number of nitrogens with zero attached hydrogens (tertiary/aromatic N) is 1. The molecule has 0 saturated heterocycles. The zero-order valence-corrected chi connectivity index (χ0v) is 14.3. The molecule has 1 N–H and O–H groups in total. The van der Waals surface area contributed by atoms with Crippen molar-refractivity contribution in [2.24, 2.45) is 5.92 Å². The lowest BCUT2D eigenvalue weighted by Gasteiger charge is -2.29. The molecule has 0 aromatic carbocycles. The molecule has 1 aliphatic rings. The second-order valence-corrected chi connectivity index (χ2v) is 6.97. The number of nitrogens with one attached hydrogen (secondary N) is 1. The van der Waals surface area contributed by atoms with E-state index in [2.05, 4.69) is 31.0 Å². The van der Waals surface area contributed by atoms with Crippen LogP contribution in [0.1, 0.15) is 78.6 Å². The average molecular weight is 283 g/mol. The van der Waals surface area contributed by atoms with Crippen molar-refractivity contribution < 1.29 is 0 Å². The molecule has 1 aliphatic carbocycles. The van der Waals surface area contributed by atoms with Gasteiger partial charge in [-0.3, -0.25) is 0 Å². The van der Waals surface area contributed by atoms with Gasteiger partial charge in [0.2, 0.25) is 0 Å². The summed E-state index contributed by atoms with van der Waals surface area (Å²) in [7, 11) is 0. The maximum Gasteiger partial charge on any atom is 0.00952 e. The quantitative estimate of drug-likeness (QED) is 0.532. The highest BCUT2D eigenvalue weighted by Gasteiger charge is 2.21. The van der Waals surface area contributed by atoms with E-state index in [0.717, 1.165) is 12.0 Å². The van der Waals surface area contributed by atoms with Crippen LogP contribution < -0.4 is 5.32 Å². The van der Waals surface area contributed by atoms with Crippen molar-refractivity contribution in [3.63, 3.8) is 0 Å². The van der Waals surface area contributed by atoms with Crippen LogP contribution in [0.2, 0.25) is 0 Å². The van der Waals surface area contributed by atoms with Crippen molar-refractivity contribution in [2.75, 3.05) is 26.2 Å². The Hall–Kier alpha value is -0.0800. The summed E-state index contributed by atoms with van der Waals surface area (Å²) in [6.45, 7) is 12.0. The van der Waals surface area contributed by atoms with E-state index in [4.69, 9.17) is 0 Å². The maximum absolute atomic E-state index is 3.50. The Morgan fingerprint density at radius 3 is 2.40 bits per heavy atom. The molecule has 0 aromatic heterocycles. The summed E-state index contributed by atoms with van der Waals surface area (Å²) in [6.07, 6.45) is 12.6. The Balaban J connectivity index is 2.12. The summed E-state index contributed by atoms with van der Waals surface area (Å²) >= 11 is 0. The summed E-state index contributed by atoms with van der Waals surface area (Å²) < 4.78 is 0. The second-order valence-electron chi connectivity index (χ2n) is 6.97. The van der Waals surface area contributed by atoms with Gasteiger partial charge in [-0.15, -0.1) is 0 Å². The topological polar surface area (TPSA) is 15.3 Å². The standard InChI is InChI=1S/C18H38N2/c1-4-13-19-14-8-5-9-15-20(16-12-17(2)3)18-10-6-7-11-18/h17-19H,4-16H2,1-3H3. The van der Waals surface area contributed by atoms with Crippen molar-refractivity contribution in [2.45, 2.75) is 84.6 Å². The summed E-state index contributed by atoms with van der Waals surface area (Å²) in [5, 5.41) is 3.50. The van der Waals surface area contributed by atoms with E-state index in [1.54, 1.807) is 0 Å². The fourth-order valence-electron chi connectivity index (χ4n) is 3.21. The third kappa shape index (κ3) is 8.26. The molecule has 120 valence electrons. The number of unbranched alkanes of at least 4 members (excludes halogenated alkanes) is 2. The highest BCUT2D eigenvalue weighted by atomic mass is 15.2. The molecule has 1 saturated carbocycles. The van der Waals surface area contributed by atoms with Crippen molar-refractivity contribution in [1.82, 2.24) is 10.2 Å².